The zero-order valence-electron chi connectivity index (χ0n) is 14.5. The van der Waals surface area contributed by atoms with Crippen LogP contribution in [0.25, 0.3) is 21.8 Å². The van der Waals surface area contributed by atoms with Crippen molar-refractivity contribution in [1.29, 1.82) is 0 Å². The van der Waals surface area contributed by atoms with Gasteiger partial charge < -0.3 is 9.30 Å². The van der Waals surface area contributed by atoms with Crippen LogP contribution in [0.3, 0.4) is 0 Å². The molecule has 25 heavy (non-hydrogen) atoms. The molecule has 4 aromatic rings. The molecule has 3 nitrogen and oxygen atoms in total. The molecule has 0 N–H and O–H groups in total. The summed E-state index contributed by atoms with van der Waals surface area (Å²) in [6.45, 7) is 1.69. The van der Waals surface area contributed by atoms with Gasteiger partial charge in [0.25, 0.3) is 0 Å². The minimum absolute atomic E-state index is 0.764. The van der Waals surface area contributed by atoms with Crippen LogP contribution < -0.4 is 0 Å². The Balaban J connectivity index is 1.76. The highest BCUT2D eigenvalue weighted by Gasteiger charge is 2.12. The van der Waals surface area contributed by atoms with Crippen molar-refractivity contribution in [3.63, 3.8) is 0 Å². The zero-order chi connectivity index (χ0) is 17.1. The minimum atomic E-state index is 0.764. The Kier molecular flexibility index (Phi) is 4.49. The van der Waals surface area contributed by atoms with E-state index >= 15 is 0 Å². The van der Waals surface area contributed by atoms with E-state index in [-0.39, 0.29) is 0 Å². The van der Waals surface area contributed by atoms with Gasteiger partial charge in [-0.1, -0.05) is 54.6 Å². The van der Waals surface area contributed by atoms with Crippen LogP contribution in [0.1, 0.15) is 17.8 Å². The standard InChI is InChI=1S/C22H22N2O/c1-25-15-7-14-24-21-13-5-4-12-20(21)23-22(24)16-18-10-6-9-17-8-2-3-11-19(17)18/h2-6,8-13H,7,14-16H2,1H3. The van der Waals surface area contributed by atoms with Crippen molar-refractivity contribution >= 4 is 21.8 Å². The number of nitrogens with zero attached hydrogens (tertiary/aromatic N) is 2. The monoisotopic (exact) mass is 330 g/mol. The fourth-order valence-electron chi connectivity index (χ4n) is 3.49. The number of hydrogen-bond acceptors (Lipinski definition) is 2. The third kappa shape index (κ3) is 3.15. The molecule has 0 saturated carbocycles. The summed E-state index contributed by atoms with van der Waals surface area (Å²) in [4.78, 5) is 4.92. The van der Waals surface area contributed by atoms with E-state index in [0.717, 1.165) is 37.3 Å². The molecule has 1 heterocycles. The number of hydrogen-bond donors (Lipinski definition) is 0. The summed E-state index contributed by atoms with van der Waals surface area (Å²) in [7, 11) is 1.75. The first-order chi connectivity index (χ1) is 12.4. The molecule has 0 aliphatic rings. The van der Waals surface area contributed by atoms with Crippen molar-refractivity contribution < 1.29 is 4.74 Å². The maximum absolute atomic E-state index is 5.23. The molecule has 0 saturated heterocycles. The average molecular weight is 330 g/mol. The van der Waals surface area contributed by atoms with Gasteiger partial charge in [0.2, 0.25) is 0 Å². The summed E-state index contributed by atoms with van der Waals surface area (Å²) in [6, 6.07) is 23.4. The van der Waals surface area contributed by atoms with E-state index in [1.54, 1.807) is 7.11 Å². The van der Waals surface area contributed by atoms with Crippen molar-refractivity contribution in [1.82, 2.24) is 9.55 Å². The number of rotatable bonds is 6. The van der Waals surface area contributed by atoms with Crippen LogP contribution in [-0.4, -0.2) is 23.3 Å². The van der Waals surface area contributed by atoms with Crippen LogP contribution in [0, 0.1) is 0 Å². The van der Waals surface area contributed by atoms with Gasteiger partial charge in [-0.3, -0.25) is 0 Å². The molecule has 3 aromatic carbocycles. The van der Waals surface area contributed by atoms with Gasteiger partial charge in [-0.05, 0) is 34.9 Å². The average Bonchev–Trinajstić information content (AvgIpc) is 3.00. The van der Waals surface area contributed by atoms with Gasteiger partial charge in [0.15, 0.2) is 0 Å². The highest BCUT2D eigenvalue weighted by Crippen LogP contribution is 2.24. The summed E-state index contributed by atoms with van der Waals surface area (Å²) in [5.41, 5.74) is 3.59. The van der Waals surface area contributed by atoms with Crippen LogP contribution in [-0.2, 0) is 17.7 Å². The molecular formula is C22H22N2O. The van der Waals surface area contributed by atoms with Crippen molar-refractivity contribution in [2.75, 3.05) is 13.7 Å². The second kappa shape index (κ2) is 7.08. The Labute approximate surface area is 147 Å². The Morgan fingerprint density at radius 3 is 2.64 bits per heavy atom. The van der Waals surface area contributed by atoms with Crippen LogP contribution in [0.2, 0.25) is 0 Å². The normalized spacial score (nSPS) is 11.4. The van der Waals surface area contributed by atoms with E-state index in [4.69, 9.17) is 9.72 Å². The molecule has 0 aliphatic carbocycles. The Morgan fingerprint density at radius 2 is 1.72 bits per heavy atom. The molecule has 4 rings (SSSR count). The maximum atomic E-state index is 5.23. The first-order valence-electron chi connectivity index (χ1n) is 8.76. The topological polar surface area (TPSA) is 27.1 Å². The summed E-state index contributed by atoms with van der Waals surface area (Å²) in [5.74, 6) is 1.12. The predicted molar refractivity (Wildman–Crippen MR) is 103 cm³/mol. The number of methoxy groups -OCH3 is 1. The van der Waals surface area contributed by atoms with Gasteiger partial charge in [0, 0.05) is 26.7 Å². The summed E-state index contributed by atoms with van der Waals surface area (Å²) in [6.07, 6.45) is 1.82. The number of fused-ring (bicyclic) bond motifs is 2. The van der Waals surface area contributed by atoms with E-state index < -0.39 is 0 Å². The molecular weight excluding hydrogens is 308 g/mol. The van der Waals surface area contributed by atoms with Crippen LogP contribution >= 0.6 is 0 Å². The smallest absolute Gasteiger partial charge is 0.114 e. The fourth-order valence-corrected chi connectivity index (χ4v) is 3.49. The van der Waals surface area contributed by atoms with E-state index in [2.05, 4.69) is 71.3 Å². The van der Waals surface area contributed by atoms with Gasteiger partial charge >= 0.3 is 0 Å². The minimum Gasteiger partial charge on any atom is -0.385 e. The molecule has 0 atom stereocenters. The highest BCUT2D eigenvalue weighted by molar-refractivity contribution is 5.86. The third-order valence-corrected chi connectivity index (χ3v) is 4.69. The first-order valence-corrected chi connectivity index (χ1v) is 8.76. The summed E-state index contributed by atoms with van der Waals surface area (Å²) in [5, 5.41) is 2.59. The summed E-state index contributed by atoms with van der Waals surface area (Å²) >= 11 is 0. The lowest BCUT2D eigenvalue weighted by atomic mass is 10.0. The first kappa shape index (κ1) is 15.9. The molecule has 1 aromatic heterocycles. The molecule has 0 fully saturated rings. The number of para-hydroxylation sites is 2. The van der Waals surface area contributed by atoms with Crippen molar-refractivity contribution in [2.45, 2.75) is 19.4 Å². The molecule has 3 heteroatoms. The maximum Gasteiger partial charge on any atom is 0.114 e. The van der Waals surface area contributed by atoms with E-state index in [0.29, 0.717) is 0 Å². The molecule has 0 unspecified atom stereocenters. The number of aromatic nitrogens is 2. The third-order valence-electron chi connectivity index (χ3n) is 4.69. The number of benzene rings is 3. The van der Waals surface area contributed by atoms with Gasteiger partial charge in [0.05, 0.1) is 11.0 Å². The second-order valence-corrected chi connectivity index (χ2v) is 6.33. The van der Waals surface area contributed by atoms with Crippen LogP contribution in [0.4, 0.5) is 0 Å². The van der Waals surface area contributed by atoms with E-state index in [1.165, 1.54) is 21.9 Å². The van der Waals surface area contributed by atoms with Gasteiger partial charge in [-0.15, -0.1) is 0 Å². The van der Waals surface area contributed by atoms with E-state index in [1.807, 2.05) is 0 Å². The van der Waals surface area contributed by atoms with E-state index in [9.17, 15) is 0 Å². The second-order valence-electron chi connectivity index (χ2n) is 6.33. The summed E-state index contributed by atoms with van der Waals surface area (Å²) < 4.78 is 7.58. The number of ether oxygens (including phenoxy) is 1. The quantitative estimate of drug-likeness (QED) is 0.474. The van der Waals surface area contributed by atoms with Crippen LogP contribution in [0.15, 0.2) is 66.7 Å². The van der Waals surface area contributed by atoms with Crippen molar-refractivity contribution in [2.24, 2.45) is 0 Å². The molecule has 0 amide bonds. The SMILES string of the molecule is COCCCn1c(Cc2cccc3ccccc23)nc2ccccc21. The largest absolute Gasteiger partial charge is 0.385 e. The van der Waals surface area contributed by atoms with Gasteiger partial charge in [-0.2, -0.15) is 0 Å². The predicted octanol–water partition coefficient (Wildman–Crippen LogP) is 4.82. The Bertz CT molecular complexity index is 998. The van der Waals surface area contributed by atoms with Gasteiger partial charge in [0.1, 0.15) is 5.82 Å². The lowest BCUT2D eigenvalue weighted by Gasteiger charge is -2.11. The fraction of sp³-hybridized carbons (Fsp3) is 0.227. The van der Waals surface area contributed by atoms with Crippen molar-refractivity contribution in [3.05, 3.63) is 78.1 Å². The van der Waals surface area contributed by atoms with Gasteiger partial charge in [-0.25, -0.2) is 4.98 Å². The molecule has 0 bridgehead atoms. The Hall–Kier alpha value is -2.65. The zero-order valence-corrected chi connectivity index (χ0v) is 14.5. The van der Waals surface area contributed by atoms with Crippen molar-refractivity contribution in [3.8, 4) is 0 Å². The molecule has 0 radical (unpaired) electrons. The molecule has 0 spiro atoms. The Morgan fingerprint density at radius 1 is 0.920 bits per heavy atom. The number of aryl methyl sites for hydroxylation is 1. The highest BCUT2D eigenvalue weighted by atomic mass is 16.5. The lowest BCUT2D eigenvalue weighted by molar-refractivity contribution is 0.190. The molecule has 0 aliphatic heterocycles. The molecule has 126 valence electrons. The van der Waals surface area contributed by atoms with Crippen LogP contribution in [0.5, 0.6) is 0 Å². The lowest BCUT2D eigenvalue weighted by Crippen LogP contribution is -2.07. The number of imidazole rings is 1.